The highest BCUT2D eigenvalue weighted by molar-refractivity contribution is 7.89. The summed E-state index contributed by atoms with van der Waals surface area (Å²) in [6, 6.07) is 2.63. The first-order valence-corrected chi connectivity index (χ1v) is 11.6. The molecule has 3 nitrogen and oxygen atoms in total. The minimum atomic E-state index is -3.67. The van der Waals surface area contributed by atoms with Crippen molar-refractivity contribution in [1.82, 2.24) is 4.72 Å². The van der Waals surface area contributed by atoms with Gasteiger partial charge in [-0.15, -0.1) is 0 Å². The Hall–Kier alpha value is -0.000000000000000111. The molecule has 0 radical (unpaired) electrons. The van der Waals surface area contributed by atoms with E-state index in [1.54, 1.807) is 0 Å². The topological polar surface area (TPSA) is 46.2 Å². The van der Waals surface area contributed by atoms with Crippen LogP contribution in [0.3, 0.4) is 0 Å². The van der Waals surface area contributed by atoms with Crippen molar-refractivity contribution < 1.29 is 8.42 Å². The van der Waals surface area contributed by atoms with E-state index >= 15 is 0 Å². The Bertz CT molecular complexity index is 621. The molecule has 0 spiro atoms. The molecule has 1 rings (SSSR count). The van der Waals surface area contributed by atoms with Crippen molar-refractivity contribution in [3.05, 3.63) is 27.2 Å². The molecule has 0 atom stereocenters. The van der Waals surface area contributed by atoms with Crippen LogP contribution in [0.15, 0.2) is 17.0 Å². The molecule has 0 unspecified atom stereocenters. The van der Waals surface area contributed by atoms with Gasteiger partial charge in [0.2, 0.25) is 10.0 Å². The molecule has 0 amide bonds. The lowest BCUT2D eigenvalue weighted by atomic mass is 10.1. The summed E-state index contributed by atoms with van der Waals surface area (Å²) in [6.07, 6.45) is 12.1. The lowest BCUT2D eigenvalue weighted by Gasteiger charge is -2.09. The quantitative estimate of drug-likeness (QED) is 0.276. The molecule has 1 N–H and O–H groups in total. The zero-order valence-corrected chi connectivity index (χ0v) is 17.9. The van der Waals surface area contributed by atoms with E-state index in [0.29, 0.717) is 6.54 Å². The molecule has 25 heavy (non-hydrogen) atoms. The van der Waals surface area contributed by atoms with Gasteiger partial charge in [-0.05, 0) is 18.6 Å². The predicted octanol–water partition coefficient (Wildman–Crippen LogP) is 6.85. The minimum absolute atomic E-state index is 0.0318. The number of halogens is 3. The van der Waals surface area contributed by atoms with Crippen LogP contribution in [0.1, 0.15) is 71.1 Å². The molecule has 7 heteroatoms. The first-order chi connectivity index (χ1) is 11.9. The molecular weight excluding hydrogens is 401 g/mol. The van der Waals surface area contributed by atoms with Crippen LogP contribution >= 0.6 is 34.8 Å². The maximum absolute atomic E-state index is 12.3. The summed E-state index contributed by atoms with van der Waals surface area (Å²) >= 11 is 17.7. The average Bonchev–Trinajstić information content (AvgIpc) is 2.55. The summed E-state index contributed by atoms with van der Waals surface area (Å²) in [5.41, 5.74) is 0. The smallest absolute Gasteiger partial charge is 0.211 e. The van der Waals surface area contributed by atoms with Gasteiger partial charge < -0.3 is 0 Å². The summed E-state index contributed by atoms with van der Waals surface area (Å²) in [5, 5.41) is 0.482. The van der Waals surface area contributed by atoms with E-state index in [1.165, 1.54) is 57.1 Å². The largest absolute Gasteiger partial charge is 0.242 e. The lowest BCUT2D eigenvalue weighted by molar-refractivity contribution is 0.549. The molecule has 0 aromatic heterocycles. The van der Waals surface area contributed by atoms with E-state index in [4.69, 9.17) is 34.8 Å². The standard InChI is InChI=1S/C18H28Cl3NO2S/c1-2-3-4-5-6-7-8-9-10-11-12-22-25(23,24)18-14-16(20)15(19)13-17(18)21/h13-14,22H,2-12H2,1H3. The van der Waals surface area contributed by atoms with Gasteiger partial charge in [0.25, 0.3) is 0 Å². The van der Waals surface area contributed by atoms with Crippen LogP contribution in [0, 0.1) is 0 Å². The number of sulfonamides is 1. The fourth-order valence-electron chi connectivity index (χ4n) is 2.61. The Morgan fingerprint density at radius 2 is 1.24 bits per heavy atom. The zero-order chi connectivity index (χ0) is 18.7. The first kappa shape index (κ1) is 23.0. The summed E-state index contributed by atoms with van der Waals surface area (Å²) in [5.74, 6) is 0. The lowest BCUT2D eigenvalue weighted by Crippen LogP contribution is -2.25. The highest BCUT2D eigenvalue weighted by Gasteiger charge is 2.19. The zero-order valence-electron chi connectivity index (χ0n) is 14.8. The van der Waals surface area contributed by atoms with Crippen LogP contribution in [0.25, 0.3) is 0 Å². The van der Waals surface area contributed by atoms with Gasteiger partial charge in [0, 0.05) is 6.54 Å². The summed E-state index contributed by atoms with van der Waals surface area (Å²) in [6.45, 7) is 2.62. The van der Waals surface area contributed by atoms with Crippen LogP contribution in [-0.4, -0.2) is 15.0 Å². The van der Waals surface area contributed by atoms with Gasteiger partial charge in [-0.2, -0.15) is 0 Å². The molecular formula is C18H28Cl3NO2S. The van der Waals surface area contributed by atoms with Crippen LogP contribution in [-0.2, 0) is 10.0 Å². The van der Waals surface area contributed by atoms with Gasteiger partial charge in [-0.25, -0.2) is 13.1 Å². The maximum Gasteiger partial charge on any atom is 0.242 e. The molecule has 1 aromatic rings. The molecule has 0 heterocycles. The van der Waals surface area contributed by atoms with Crippen molar-refractivity contribution in [3.63, 3.8) is 0 Å². The predicted molar refractivity (Wildman–Crippen MR) is 109 cm³/mol. The Morgan fingerprint density at radius 3 is 1.80 bits per heavy atom. The third kappa shape index (κ3) is 8.96. The SMILES string of the molecule is CCCCCCCCCCCCNS(=O)(=O)c1cc(Cl)c(Cl)cc1Cl. The normalized spacial score (nSPS) is 11.8. The van der Waals surface area contributed by atoms with Crippen LogP contribution in [0.2, 0.25) is 15.1 Å². The molecule has 0 bridgehead atoms. The third-order valence-electron chi connectivity index (χ3n) is 4.09. The van der Waals surface area contributed by atoms with Gasteiger partial charge in [-0.1, -0.05) is 99.5 Å². The van der Waals surface area contributed by atoms with Crippen molar-refractivity contribution in [2.45, 2.75) is 76.0 Å². The van der Waals surface area contributed by atoms with E-state index in [2.05, 4.69) is 11.6 Å². The summed E-state index contributed by atoms with van der Waals surface area (Å²) < 4.78 is 27.1. The van der Waals surface area contributed by atoms with Gasteiger partial charge in [0.15, 0.2) is 0 Å². The Kier molecular flexibility index (Phi) is 11.4. The molecule has 0 fully saturated rings. The van der Waals surface area contributed by atoms with Crippen molar-refractivity contribution in [2.75, 3.05) is 6.54 Å². The molecule has 0 saturated heterocycles. The second-order valence-electron chi connectivity index (χ2n) is 6.28. The van der Waals surface area contributed by atoms with Crippen molar-refractivity contribution in [2.24, 2.45) is 0 Å². The van der Waals surface area contributed by atoms with Crippen LogP contribution < -0.4 is 4.72 Å². The van der Waals surface area contributed by atoms with E-state index in [-0.39, 0.29) is 20.0 Å². The van der Waals surface area contributed by atoms with E-state index in [0.717, 1.165) is 19.3 Å². The van der Waals surface area contributed by atoms with Crippen molar-refractivity contribution >= 4 is 44.8 Å². The second kappa shape index (κ2) is 12.4. The summed E-state index contributed by atoms with van der Waals surface area (Å²) in [7, 11) is -3.67. The molecule has 0 aliphatic carbocycles. The van der Waals surface area contributed by atoms with E-state index < -0.39 is 10.0 Å². The number of nitrogens with one attached hydrogen (secondary N) is 1. The molecule has 0 aliphatic rings. The Morgan fingerprint density at radius 1 is 0.760 bits per heavy atom. The fraction of sp³-hybridized carbons (Fsp3) is 0.667. The van der Waals surface area contributed by atoms with Gasteiger partial charge in [0.05, 0.1) is 15.1 Å². The van der Waals surface area contributed by atoms with Crippen molar-refractivity contribution in [1.29, 1.82) is 0 Å². The number of hydrogen-bond donors (Lipinski definition) is 1. The van der Waals surface area contributed by atoms with E-state index in [9.17, 15) is 8.42 Å². The van der Waals surface area contributed by atoms with Gasteiger partial charge >= 0.3 is 0 Å². The van der Waals surface area contributed by atoms with Crippen LogP contribution in [0.5, 0.6) is 0 Å². The van der Waals surface area contributed by atoms with Crippen molar-refractivity contribution in [3.8, 4) is 0 Å². The van der Waals surface area contributed by atoms with E-state index in [1.807, 2.05) is 0 Å². The molecule has 1 aromatic carbocycles. The Labute approximate surface area is 167 Å². The summed E-state index contributed by atoms with van der Waals surface area (Å²) in [4.78, 5) is -0.0318. The van der Waals surface area contributed by atoms with Gasteiger partial charge in [-0.3, -0.25) is 0 Å². The Balaban J connectivity index is 2.22. The number of rotatable bonds is 13. The monoisotopic (exact) mass is 427 g/mol. The molecule has 144 valence electrons. The third-order valence-corrected chi connectivity index (χ3v) is 6.73. The maximum atomic E-state index is 12.3. The molecule has 0 saturated carbocycles. The fourth-order valence-corrected chi connectivity index (χ4v) is 4.68. The second-order valence-corrected chi connectivity index (χ2v) is 9.23. The highest BCUT2D eigenvalue weighted by atomic mass is 35.5. The minimum Gasteiger partial charge on any atom is -0.211 e. The number of unbranched alkanes of at least 4 members (excludes halogenated alkanes) is 9. The first-order valence-electron chi connectivity index (χ1n) is 9.02. The number of benzene rings is 1. The number of hydrogen-bond acceptors (Lipinski definition) is 2. The van der Waals surface area contributed by atoms with Gasteiger partial charge in [0.1, 0.15) is 4.90 Å². The average molecular weight is 429 g/mol. The van der Waals surface area contributed by atoms with Crippen LogP contribution in [0.4, 0.5) is 0 Å². The highest BCUT2D eigenvalue weighted by Crippen LogP contribution is 2.31. The molecule has 0 aliphatic heterocycles.